The molecule has 0 atom stereocenters. The summed E-state index contributed by atoms with van der Waals surface area (Å²) in [6, 6.07) is 7.76. The maximum Gasteiger partial charge on any atom is 0.358 e. The van der Waals surface area contributed by atoms with Gasteiger partial charge in [-0.2, -0.15) is 4.98 Å². The first-order chi connectivity index (χ1) is 9.06. The Morgan fingerprint density at radius 1 is 1.42 bits per heavy atom. The van der Waals surface area contributed by atoms with Gasteiger partial charge in [-0.05, 0) is 31.0 Å². The molecule has 0 fully saturated rings. The first kappa shape index (κ1) is 13.4. The van der Waals surface area contributed by atoms with Crippen molar-refractivity contribution < 1.29 is 14.3 Å². The molecule has 0 aliphatic heterocycles. The minimum atomic E-state index is -1.09. The third-order valence-electron chi connectivity index (χ3n) is 2.60. The highest BCUT2D eigenvalue weighted by molar-refractivity contribution is 6.30. The number of carboxylic acid groups (broad SMARTS) is 1. The Bertz CT molecular complexity index is 578. The van der Waals surface area contributed by atoms with Gasteiger partial charge in [0.1, 0.15) is 5.76 Å². The van der Waals surface area contributed by atoms with Crippen molar-refractivity contribution in [1.82, 2.24) is 4.98 Å². The fraction of sp³-hybridized carbons (Fsp3) is 0.231. The Morgan fingerprint density at radius 2 is 2.11 bits per heavy atom. The van der Waals surface area contributed by atoms with Crippen LogP contribution in [0.4, 0.5) is 6.01 Å². The Hall–Kier alpha value is -2.01. The molecular weight excluding hydrogens is 268 g/mol. The van der Waals surface area contributed by atoms with Crippen LogP contribution in [-0.4, -0.2) is 22.6 Å². The molecule has 0 bridgehead atoms. The van der Waals surface area contributed by atoms with Crippen molar-refractivity contribution >= 4 is 23.6 Å². The summed E-state index contributed by atoms with van der Waals surface area (Å²) in [5, 5.41) is 12.5. The summed E-state index contributed by atoms with van der Waals surface area (Å²) >= 11 is 5.80. The number of aromatic nitrogens is 1. The molecule has 6 heteroatoms. The maximum atomic E-state index is 10.8. The third kappa shape index (κ3) is 3.48. The molecule has 0 aliphatic rings. The van der Waals surface area contributed by atoms with Gasteiger partial charge in [-0.15, -0.1) is 0 Å². The largest absolute Gasteiger partial charge is 0.476 e. The minimum Gasteiger partial charge on any atom is -0.476 e. The molecule has 0 spiro atoms. The SMILES string of the molecule is Cc1oc(NCCc2ccc(Cl)cc2)nc1C(=O)O. The fourth-order valence-electron chi connectivity index (χ4n) is 1.64. The number of halogens is 1. The van der Waals surface area contributed by atoms with E-state index in [2.05, 4.69) is 10.3 Å². The van der Waals surface area contributed by atoms with E-state index in [1.54, 1.807) is 6.92 Å². The van der Waals surface area contributed by atoms with Crippen molar-refractivity contribution in [3.05, 3.63) is 46.3 Å². The van der Waals surface area contributed by atoms with Gasteiger partial charge in [0.25, 0.3) is 6.01 Å². The van der Waals surface area contributed by atoms with Crippen LogP contribution < -0.4 is 5.32 Å². The molecule has 0 saturated heterocycles. The van der Waals surface area contributed by atoms with Crippen LogP contribution in [0.2, 0.25) is 5.02 Å². The zero-order valence-corrected chi connectivity index (χ0v) is 11.1. The van der Waals surface area contributed by atoms with Crippen molar-refractivity contribution in [3.63, 3.8) is 0 Å². The monoisotopic (exact) mass is 280 g/mol. The number of carboxylic acids is 1. The summed E-state index contributed by atoms with van der Waals surface area (Å²) in [5.41, 5.74) is 1.06. The van der Waals surface area contributed by atoms with E-state index in [0.29, 0.717) is 17.3 Å². The van der Waals surface area contributed by atoms with Crippen LogP contribution in [0.5, 0.6) is 0 Å². The lowest BCUT2D eigenvalue weighted by Gasteiger charge is -2.02. The molecule has 1 heterocycles. The lowest BCUT2D eigenvalue weighted by molar-refractivity contribution is 0.0689. The number of hydrogen-bond donors (Lipinski definition) is 2. The summed E-state index contributed by atoms with van der Waals surface area (Å²) in [6.45, 7) is 2.17. The van der Waals surface area contributed by atoms with Crippen molar-refractivity contribution in [2.24, 2.45) is 0 Å². The molecule has 1 aromatic heterocycles. The molecule has 5 nitrogen and oxygen atoms in total. The summed E-state index contributed by atoms with van der Waals surface area (Å²) in [7, 11) is 0. The molecule has 19 heavy (non-hydrogen) atoms. The first-order valence-electron chi connectivity index (χ1n) is 5.75. The number of nitrogens with zero attached hydrogens (tertiary/aromatic N) is 1. The smallest absolute Gasteiger partial charge is 0.358 e. The number of aromatic carboxylic acids is 1. The van der Waals surface area contributed by atoms with Crippen LogP contribution in [0.15, 0.2) is 28.7 Å². The summed E-state index contributed by atoms with van der Waals surface area (Å²) < 4.78 is 5.21. The predicted molar refractivity (Wildman–Crippen MR) is 71.8 cm³/mol. The second-order valence-corrected chi connectivity index (χ2v) is 4.47. The lowest BCUT2D eigenvalue weighted by Crippen LogP contribution is -2.05. The molecular formula is C13H13ClN2O3. The van der Waals surface area contributed by atoms with Crippen molar-refractivity contribution in [2.45, 2.75) is 13.3 Å². The molecule has 100 valence electrons. The van der Waals surface area contributed by atoms with Crippen molar-refractivity contribution in [2.75, 3.05) is 11.9 Å². The quantitative estimate of drug-likeness (QED) is 0.880. The van der Waals surface area contributed by atoms with Gasteiger partial charge in [0.2, 0.25) is 0 Å². The van der Waals surface area contributed by atoms with Crippen LogP contribution in [-0.2, 0) is 6.42 Å². The average molecular weight is 281 g/mol. The van der Waals surface area contributed by atoms with Gasteiger partial charge >= 0.3 is 5.97 Å². The number of anilines is 1. The predicted octanol–water partition coefficient (Wildman–Crippen LogP) is 2.99. The van der Waals surface area contributed by atoms with Gasteiger partial charge in [0.05, 0.1) is 0 Å². The number of aryl methyl sites for hydroxylation is 1. The molecule has 0 aliphatic carbocycles. The number of oxazole rings is 1. The summed E-state index contributed by atoms with van der Waals surface area (Å²) in [5.74, 6) is -0.798. The molecule has 0 unspecified atom stereocenters. The maximum absolute atomic E-state index is 10.8. The van der Waals surface area contributed by atoms with E-state index in [1.807, 2.05) is 24.3 Å². The van der Waals surface area contributed by atoms with Gasteiger partial charge in [0.15, 0.2) is 5.69 Å². The van der Waals surface area contributed by atoms with Crippen LogP contribution in [0, 0.1) is 6.92 Å². The molecule has 2 rings (SSSR count). The van der Waals surface area contributed by atoms with E-state index in [0.717, 1.165) is 12.0 Å². The van der Waals surface area contributed by atoms with Gasteiger partial charge in [-0.1, -0.05) is 23.7 Å². The molecule has 0 saturated carbocycles. The Balaban J connectivity index is 1.90. The number of carbonyl (C=O) groups is 1. The van der Waals surface area contributed by atoms with Gasteiger partial charge in [-0.3, -0.25) is 0 Å². The highest BCUT2D eigenvalue weighted by Crippen LogP contribution is 2.14. The fourth-order valence-corrected chi connectivity index (χ4v) is 1.76. The zero-order chi connectivity index (χ0) is 13.8. The van der Waals surface area contributed by atoms with Crippen LogP contribution in [0.25, 0.3) is 0 Å². The van der Waals surface area contributed by atoms with Gasteiger partial charge < -0.3 is 14.8 Å². The highest BCUT2D eigenvalue weighted by Gasteiger charge is 2.15. The second kappa shape index (κ2) is 5.75. The molecule has 1 aromatic carbocycles. The van der Waals surface area contributed by atoms with Gasteiger partial charge in [0, 0.05) is 11.6 Å². The van der Waals surface area contributed by atoms with Crippen LogP contribution in [0.3, 0.4) is 0 Å². The van der Waals surface area contributed by atoms with E-state index in [4.69, 9.17) is 21.1 Å². The van der Waals surface area contributed by atoms with E-state index >= 15 is 0 Å². The minimum absolute atomic E-state index is 0.0611. The van der Waals surface area contributed by atoms with E-state index < -0.39 is 5.97 Å². The van der Waals surface area contributed by atoms with Crippen molar-refractivity contribution in [1.29, 1.82) is 0 Å². The van der Waals surface area contributed by atoms with Crippen LogP contribution >= 0.6 is 11.6 Å². The summed E-state index contributed by atoms with van der Waals surface area (Å²) in [6.07, 6.45) is 0.765. The highest BCUT2D eigenvalue weighted by atomic mass is 35.5. The first-order valence-corrected chi connectivity index (χ1v) is 6.13. The number of hydrogen-bond acceptors (Lipinski definition) is 4. The average Bonchev–Trinajstić information content (AvgIpc) is 2.73. The van der Waals surface area contributed by atoms with E-state index in [9.17, 15) is 4.79 Å². The standard InChI is InChI=1S/C13H13ClN2O3/c1-8-11(12(17)18)16-13(19-8)15-7-6-9-2-4-10(14)5-3-9/h2-5H,6-7H2,1H3,(H,15,16)(H,17,18). The number of benzene rings is 1. The normalized spacial score (nSPS) is 10.4. The molecule has 2 aromatic rings. The second-order valence-electron chi connectivity index (χ2n) is 4.03. The molecule has 0 radical (unpaired) electrons. The lowest BCUT2D eigenvalue weighted by atomic mass is 10.1. The molecule has 0 amide bonds. The zero-order valence-electron chi connectivity index (χ0n) is 10.3. The van der Waals surface area contributed by atoms with Crippen molar-refractivity contribution in [3.8, 4) is 0 Å². The number of rotatable bonds is 5. The van der Waals surface area contributed by atoms with Gasteiger partial charge in [-0.25, -0.2) is 4.79 Å². The van der Waals surface area contributed by atoms with E-state index in [1.165, 1.54) is 0 Å². The summed E-state index contributed by atoms with van der Waals surface area (Å²) in [4.78, 5) is 14.7. The Kier molecular flexibility index (Phi) is 4.06. The number of nitrogens with one attached hydrogen (secondary N) is 1. The topological polar surface area (TPSA) is 75.4 Å². The molecule has 2 N–H and O–H groups in total. The Labute approximate surface area is 115 Å². The third-order valence-corrected chi connectivity index (χ3v) is 2.85. The van der Waals surface area contributed by atoms with Crippen LogP contribution in [0.1, 0.15) is 21.8 Å². The Morgan fingerprint density at radius 3 is 2.68 bits per heavy atom. The van der Waals surface area contributed by atoms with E-state index in [-0.39, 0.29) is 11.7 Å².